The van der Waals surface area contributed by atoms with Gasteiger partial charge in [0.2, 0.25) is 0 Å². The fourth-order valence-electron chi connectivity index (χ4n) is 3.72. The minimum Gasteiger partial charge on any atom is -0.293 e. The van der Waals surface area contributed by atoms with Crippen LogP contribution in [0.5, 0.6) is 0 Å². The lowest BCUT2D eigenvalue weighted by atomic mass is 9.81. The summed E-state index contributed by atoms with van der Waals surface area (Å²) in [6.45, 7) is 6.32. The first-order valence-corrected chi connectivity index (χ1v) is 11.7. The van der Waals surface area contributed by atoms with Crippen LogP contribution in [0.4, 0.5) is 4.39 Å². The zero-order valence-electron chi connectivity index (χ0n) is 19.4. The number of nitriles is 1. The molecule has 5 heteroatoms. The van der Waals surface area contributed by atoms with Crippen LogP contribution < -0.4 is 0 Å². The van der Waals surface area contributed by atoms with Gasteiger partial charge in [-0.05, 0) is 29.5 Å². The standard InChI is InChI=1S/C27H34FNO3/c1-4-6-7-8-9-13-18-31-32-27(30)23-17-16-22(21-14-11-10-12-15-21)25(26(23)28)24(19-29)20(3)5-2/h10-12,14-17,20,24H,4-9,13,18H2,1-3H3. The molecule has 0 aromatic heterocycles. The van der Waals surface area contributed by atoms with Crippen molar-refractivity contribution in [1.29, 1.82) is 5.26 Å². The molecule has 4 nitrogen and oxygen atoms in total. The predicted octanol–water partition coefficient (Wildman–Crippen LogP) is 7.59. The van der Waals surface area contributed by atoms with Crippen molar-refractivity contribution in [2.45, 2.75) is 71.6 Å². The molecule has 0 aliphatic carbocycles. The maximum atomic E-state index is 15.6. The van der Waals surface area contributed by atoms with Crippen LogP contribution in [0.3, 0.4) is 0 Å². The molecule has 0 aliphatic rings. The van der Waals surface area contributed by atoms with Crippen molar-refractivity contribution >= 4 is 5.97 Å². The molecule has 0 saturated heterocycles. The highest BCUT2D eigenvalue weighted by Crippen LogP contribution is 2.37. The van der Waals surface area contributed by atoms with Gasteiger partial charge in [0.25, 0.3) is 0 Å². The van der Waals surface area contributed by atoms with Gasteiger partial charge in [-0.15, -0.1) is 0 Å². The van der Waals surface area contributed by atoms with Crippen molar-refractivity contribution in [3.8, 4) is 17.2 Å². The number of carbonyl (C=O) groups is 1. The van der Waals surface area contributed by atoms with Gasteiger partial charge >= 0.3 is 5.97 Å². The molecule has 2 rings (SSSR count). The van der Waals surface area contributed by atoms with Gasteiger partial charge < -0.3 is 0 Å². The molecule has 2 unspecified atom stereocenters. The summed E-state index contributed by atoms with van der Waals surface area (Å²) in [7, 11) is 0. The van der Waals surface area contributed by atoms with E-state index >= 15 is 4.39 Å². The van der Waals surface area contributed by atoms with Crippen molar-refractivity contribution in [3.05, 3.63) is 59.4 Å². The topological polar surface area (TPSA) is 59.3 Å². The van der Waals surface area contributed by atoms with Crippen LogP contribution in [0.1, 0.15) is 87.6 Å². The van der Waals surface area contributed by atoms with E-state index in [2.05, 4.69) is 13.0 Å². The smallest absolute Gasteiger partial charge is 0.293 e. The summed E-state index contributed by atoms with van der Waals surface area (Å²) in [6.07, 6.45) is 7.21. The molecule has 0 spiro atoms. The molecule has 0 N–H and O–H groups in total. The Bertz CT molecular complexity index is 892. The van der Waals surface area contributed by atoms with Crippen LogP contribution >= 0.6 is 0 Å². The van der Waals surface area contributed by atoms with Crippen molar-refractivity contribution in [2.24, 2.45) is 5.92 Å². The van der Waals surface area contributed by atoms with E-state index in [1.54, 1.807) is 6.07 Å². The Balaban J connectivity index is 2.19. The van der Waals surface area contributed by atoms with E-state index in [4.69, 9.17) is 9.78 Å². The van der Waals surface area contributed by atoms with Crippen molar-refractivity contribution in [3.63, 3.8) is 0 Å². The highest BCUT2D eigenvalue weighted by atomic mass is 19.1. The summed E-state index contributed by atoms with van der Waals surface area (Å²) >= 11 is 0. The Morgan fingerprint density at radius 1 is 1.03 bits per heavy atom. The molecule has 0 radical (unpaired) electrons. The molecule has 0 amide bonds. The minimum absolute atomic E-state index is 0.0767. The monoisotopic (exact) mass is 439 g/mol. The number of rotatable bonds is 13. The van der Waals surface area contributed by atoms with Gasteiger partial charge in [0.1, 0.15) is 5.82 Å². The first-order chi connectivity index (χ1) is 15.5. The van der Waals surface area contributed by atoms with Gasteiger partial charge in [0.15, 0.2) is 0 Å². The molecule has 2 aromatic rings. The number of halogens is 1. The number of hydrogen-bond acceptors (Lipinski definition) is 4. The van der Waals surface area contributed by atoms with Gasteiger partial charge in [0.05, 0.1) is 24.2 Å². The fraction of sp³-hybridized carbons (Fsp3) is 0.481. The van der Waals surface area contributed by atoms with Gasteiger partial charge in [0, 0.05) is 5.56 Å². The van der Waals surface area contributed by atoms with E-state index in [0.29, 0.717) is 12.0 Å². The summed E-state index contributed by atoms with van der Waals surface area (Å²) in [6, 6.07) is 14.7. The van der Waals surface area contributed by atoms with Crippen LogP contribution in [0.15, 0.2) is 42.5 Å². The molecule has 0 aliphatic heterocycles. The first-order valence-electron chi connectivity index (χ1n) is 11.7. The molecule has 0 saturated carbocycles. The van der Waals surface area contributed by atoms with Crippen molar-refractivity contribution < 1.29 is 19.0 Å². The lowest BCUT2D eigenvalue weighted by molar-refractivity contribution is -0.241. The quantitative estimate of drug-likeness (QED) is 0.183. The third-order valence-corrected chi connectivity index (χ3v) is 5.86. The lowest BCUT2D eigenvalue weighted by Gasteiger charge is -2.21. The Kier molecular flexibility index (Phi) is 10.9. The van der Waals surface area contributed by atoms with Crippen molar-refractivity contribution in [2.75, 3.05) is 6.61 Å². The molecular formula is C27H34FNO3. The van der Waals surface area contributed by atoms with E-state index in [1.165, 1.54) is 25.3 Å². The molecular weight excluding hydrogens is 405 g/mol. The molecule has 32 heavy (non-hydrogen) atoms. The maximum absolute atomic E-state index is 15.6. The molecule has 0 heterocycles. The predicted molar refractivity (Wildman–Crippen MR) is 124 cm³/mol. The Labute approximate surface area is 191 Å². The van der Waals surface area contributed by atoms with Gasteiger partial charge in [-0.3, -0.25) is 4.89 Å². The highest BCUT2D eigenvalue weighted by Gasteiger charge is 2.29. The molecule has 2 aromatic carbocycles. The van der Waals surface area contributed by atoms with Crippen LogP contribution in [0.2, 0.25) is 0 Å². The zero-order chi connectivity index (χ0) is 23.3. The second-order valence-electron chi connectivity index (χ2n) is 8.21. The Hall–Kier alpha value is -2.71. The fourth-order valence-corrected chi connectivity index (χ4v) is 3.72. The molecule has 172 valence electrons. The maximum Gasteiger partial charge on any atom is 0.376 e. The van der Waals surface area contributed by atoms with E-state index in [0.717, 1.165) is 24.8 Å². The Morgan fingerprint density at radius 3 is 2.38 bits per heavy atom. The van der Waals surface area contributed by atoms with Gasteiger partial charge in [-0.25, -0.2) is 9.18 Å². The summed E-state index contributed by atoms with van der Waals surface area (Å²) in [5, 5.41) is 9.83. The largest absolute Gasteiger partial charge is 0.376 e. The number of unbranched alkanes of at least 4 members (excludes halogenated alkanes) is 5. The van der Waals surface area contributed by atoms with E-state index < -0.39 is 17.7 Å². The second kappa shape index (κ2) is 13.6. The van der Waals surface area contributed by atoms with Crippen LogP contribution in [0.25, 0.3) is 11.1 Å². The summed E-state index contributed by atoms with van der Waals surface area (Å²) in [5.41, 5.74) is 1.42. The van der Waals surface area contributed by atoms with Crippen LogP contribution in [0, 0.1) is 23.1 Å². The highest BCUT2D eigenvalue weighted by molar-refractivity contribution is 5.91. The van der Waals surface area contributed by atoms with Gasteiger partial charge in [-0.1, -0.05) is 95.7 Å². The van der Waals surface area contributed by atoms with E-state index in [1.807, 2.05) is 44.2 Å². The molecule has 0 bridgehead atoms. The van der Waals surface area contributed by atoms with Crippen LogP contribution in [-0.2, 0) is 9.78 Å². The van der Waals surface area contributed by atoms with Crippen LogP contribution in [-0.4, -0.2) is 12.6 Å². The summed E-state index contributed by atoms with van der Waals surface area (Å²) < 4.78 is 15.6. The average Bonchev–Trinajstić information content (AvgIpc) is 2.82. The second-order valence-corrected chi connectivity index (χ2v) is 8.21. The average molecular weight is 440 g/mol. The third kappa shape index (κ3) is 6.90. The minimum atomic E-state index is -0.879. The summed E-state index contributed by atoms with van der Waals surface area (Å²) in [5.74, 6) is -2.36. The molecule has 2 atom stereocenters. The van der Waals surface area contributed by atoms with E-state index in [-0.39, 0.29) is 23.7 Å². The summed E-state index contributed by atoms with van der Waals surface area (Å²) in [4.78, 5) is 22.4. The first kappa shape index (κ1) is 25.5. The third-order valence-electron chi connectivity index (χ3n) is 5.86. The molecule has 0 fully saturated rings. The number of carbonyl (C=O) groups excluding carboxylic acids is 1. The zero-order valence-corrected chi connectivity index (χ0v) is 19.4. The number of nitrogens with zero attached hydrogens (tertiary/aromatic N) is 1. The van der Waals surface area contributed by atoms with E-state index in [9.17, 15) is 10.1 Å². The van der Waals surface area contributed by atoms with Gasteiger partial charge in [-0.2, -0.15) is 10.1 Å². The van der Waals surface area contributed by atoms with Crippen molar-refractivity contribution in [1.82, 2.24) is 0 Å². The normalized spacial score (nSPS) is 12.7. The lowest BCUT2D eigenvalue weighted by Crippen LogP contribution is -2.15. The number of hydrogen-bond donors (Lipinski definition) is 0. The Morgan fingerprint density at radius 2 is 1.72 bits per heavy atom. The SMILES string of the molecule is CCCCCCCCOOC(=O)c1ccc(-c2ccccc2)c(C(C#N)C(C)CC)c1F. The number of benzene rings is 2.